The van der Waals surface area contributed by atoms with Crippen molar-refractivity contribution in [2.75, 3.05) is 14.7 Å². The zero-order chi connectivity index (χ0) is 40.9. The molecule has 0 aliphatic rings. The van der Waals surface area contributed by atoms with E-state index in [1.54, 1.807) is 0 Å². The Morgan fingerprint density at radius 3 is 1.02 bits per heavy atom. The zero-order valence-electron chi connectivity index (χ0n) is 33.9. The Balaban J connectivity index is 1.21. The first kappa shape index (κ1) is 36.9. The molecule has 0 saturated carbocycles. The van der Waals surface area contributed by atoms with Crippen LogP contribution in [0.15, 0.2) is 212 Å². The molecular weight excluding hydrogens is 779 g/mol. The monoisotopic (exact) mass is 819 g/mol. The molecular formula is C56H41N3S2. The van der Waals surface area contributed by atoms with Crippen LogP contribution in [0.1, 0.15) is 11.1 Å². The van der Waals surface area contributed by atoms with E-state index in [0.717, 1.165) is 51.2 Å². The third kappa shape index (κ3) is 6.88. The lowest BCUT2D eigenvalue weighted by atomic mass is 10.1. The lowest BCUT2D eigenvalue weighted by molar-refractivity contribution is 1.22. The minimum Gasteiger partial charge on any atom is -0.310 e. The van der Waals surface area contributed by atoms with Crippen LogP contribution < -0.4 is 14.7 Å². The van der Waals surface area contributed by atoms with Crippen molar-refractivity contribution >= 4 is 114 Å². The fourth-order valence-electron chi connectivity index (χ4n) is 8.70. The molecule has 0 atom stereocenters. The third-order valence-corrected chi connectivity index (χ3v) is 13.8. The first-order chi connectivity index (χ1) is 30.0. The van der Waals surface area contributed by atoms with Crippen LogP contribution in [0.2, 0.25) is 0 Å². The van der Waals surface area contributed by atoms with Gasteiger partial charge in [0.15, 0.2) is 0 Å². The predicted molar refractivity (Wildman–Crippen MR) is 266 cm³/mol. The van der Waals surface area contributed by atoms with Gasteiger partial charge in [0.25, 0.3) is 0 Å². The van der Waals surface area contributed by atoms with Gasteiger partial charge < -0.3 is 14.7 Å². The standard InChI is InChI=1S/C56H41N3S2/c1-38-15-13-21-42(31-38)58(44-27-29-55-51(36-44)49-23-9-11-25-53(49)60-55)47-33-46(57(40-17-5-3-6-18-40)41-19-7-4-8-20-41)34-48(35-47)59(43-22-14-16-39(2)32-43)45-28-30-56-52(37-45)50-24-10-12-26-54(50)61-56/h3-37H,1-2H3. The SMILES string of the molecule is Cc1cccc(N(c2cc(N(c3ccccc3)c3ccccc3)cc(N(c3cccc(C)c3)c3ccc4sc5ccccc5c4c3)c2)c2ccc3sc4ccccc4c3c2)c1. The Morgan fingerprint density at radius 1 is 0.246 bits per heavy atom. The summed E-state index contributed by atoms with van der Waals surface area (Å²) in [6.07, 6.45) is 0. The van der Waals surface area contributed by atoms with Gasteiger partial charge in [0.05, 0.1) is 17.1 Å². The first-order valence-corrected chi connectivity index (χ1v) is 22.3. The quantitative estimate of drug-likeness (QED) is 0.144. The normalized spacial score (nSPS) is 11.4. The van der Waals surface area contributed by atoms with E-state index in [2.05, 4.69) is 241 Å². The summed E-state index contributed by atoms with van der Waals surface area (Å²) in [5, 5.41) is 5.09. The summed E-state index contributed by atoms with van der Waals surface area (Å²) < 4.78 is 5.16. The van der Waals surface area contributed by atoms with E-state index in [-0.39, 0.29) is 0 Å². The molecule has 0 aliphatic carbocycles. The number of anilines is 9. The van der Waals surface area contributed by atoms with Gasteiger partial charge in [-0.15, -0.1) is 22.7 Å². The van der Waals surface area contributed by atoms with Crippen LogP contribution in [0.4, 0.5) is 51.2 Å². The van der Waals surface area contributed by atoms with Crippen molar-refractivity contribution in [3.63, 3.8) is 0 Å². The Hall–Kier alpha value is -7.18. The van der Waals surface area contributed by atoms with Crippen LogP contribution in [-0.4, -0.2) is 0 Å². The highest BCUT2D eigenvalue weighted by molar-refractivity contribution is 7.26. The van der Waals surface area contributed by atoms with Crippen molar-refractivity contribution in [3.8, 4) is 0 Å². The van der Waals surface area contributed by atoms with Gasteiger partial charge in [-0.1, -0.05) is 97.1 Å². The van der Waals surface area contributed by atoms with Gasteiger partial charge in [-0.25, -0.2) is 0 Å². The molecule has 0 bridgehead atoms. The van der Waals surface area contributed by atoms with E-state index in [1.807, 2.05) is 22.7 Å². The summed E-state index contributed by atoms with van der Waals surface area (Å²) in [5.41, 5.74) is 12.1. The average molecular weight is 820 g/mol. The van der Waals surface area contributed by atoms with E-state index in [1.165, 1.54) is 51.5 Å². The molecule has 9 aromatic carbocycles. The highest BCUT2D eigenvalue weighted by atomic mass is 32.1. The van der Waals surface area contributed by atoms with E-state index in [4.69, 9.17) is 0 Å². The number of thiophene rings is 2. The summed E-state index contributed by atoms with van der Waals surface area (Å²) in [7, 11) is 0. The van der Waals surface area contributed by atoms with Gasteiger partial charge in [-0.2, -0.15) is 0 Å². The minimum absolute atomic E-state index is 1.05. The Kier molecular flexibility index (Phi) is 9.34. The Morgan fingerprint density at radius 2 is 0.590 bits per heavy atom. The average Bonchev–Trinajstić information content (AvgIpc) is 3.86. The number of hydrogen-bond donors (Lipinski definition) is 0. The van der Waals surface area contributed by atoms with Gasteiger partial charge >= 0.3 is 0 Å². The number of fused-ring (bicyclic) bond motifs is 6. The van der Waals surface area contributed by atoms with Gasteiger partial charge in [0.2, 0.25) is 0 Å². The molecule has 0 amide bonds. The number of para-hydroxylation sites is 2. The first-order valence-electron chi connectivity index (χ1n) is 20.7. The second-order valence-corrected chi connectivity index (χ2v) is 17.8. The summed E-state index contributed by atoms with van der Waals surface area (Å²) in [4.78, 5) is 7.25. The third-order valence-electron chi connectivity index (χ3n) is 11.4. The minimum atomic E-state index is 1.05. The summed E-state index contributed by atoms with van der Waals surface area (Å²) in [6, 6.07) is 77.7. The van der Waals surface area contributed by atoms with E-state index in [0.29, 0.717) is 0 Å². The van der Waals surface area contributed by atoms with Crippen LogP contribution in [-0.2, 0) is 0 Å². The molecule has 2 heterocycles. The summed E-state index contributed by atoms with van der Waals surface area (Å²) in [6.45, 7) is 4.35. The molecule has 61 heavy (non-hydrogen) atoms. The molecule has 11 aromatic rings. The van der Waals surface area contributed by atoms with Crippen molar-refractivity contribution in [1.29, 1.82) is 0 Å². The summed E-state index contributed by atoms with van der Waals surface area (Å²) >= 11 is 3.70. The molecule has 3 nitrogen and oxygen atoms in total. The number of nitrogens with zero attached hydrogens (tertiary/aromatic N) is 3. The van der Waals surface area contributed by atoms with Gasteiger partial charge in [-0.05, 0) is 140 Å². The number of rotatable bonds is 9. The van der Waals surface area contributed by atoms with Gasteiger partial charge in [0, 0.05) is 74.5 Å². The molecule has 0 saturated heterocycles. The lowest BCUT2D eigenvalue weighted by Gasteiger charge is -2.33. The maximum absolute atomic E-state index is 2.43. The largest absolute Gasteiger partial charge is 0.310 e. The van der Waals surface area contributed by atoms with E-state index >= 15 is 0 Å². The van der Waals surface area contributed by atoms with Crippen molar-refractivity contribution in [2.45, 2.75) is 13.8 Å². The van der Waals surface area contributed by atoms with Crippen molar-refractivity contribution in [3.05, 3.63) is 223 Å². The van der Waals surface area contributed by atoms with Gasteiger partial charge in [0.1, 0.15) is 0 Å². The zero-order valence-corrected chi connectivity index (χ0v) is 35.5. The van der Waals surface area contributed by atoms with E-state index < -0.39 is 0 Å². The summed E-state index contributed by atoms with van der Waals surface area (Å²) in [5.74, 6) is 0. The number of benzene rings is 9. The second kappa shape index (κ2) is 15.4. The molecule has 0 unspecified atom stereocenters. The maximum Gasteiger partial charge on any atom is 0.0503 e. The number of hydrogen-bond acceptors (Lipinski definition) is 5. The molecule has 0 N–H and O–H groups in total. The van der Waals surface area contributed by atoms with Crippen LogP contribution in [0.25, 0.3) is 40.3 Å². The van der Waals surface area contributed by atoms with Crippen LogP contribution >= 0.6 is 22.7 Å². The number of aryl methyl sites for hydroxylation is 2. The van der Waals surface area contributed by atoms with Gasteiger partial charge in [-0.3, -0.25) is 0 Å². The molecule has 11 rings (SSSR count). The van der Waals surface area contributed by atoms with E-state index in [9.17, 15) is 0 Å². The predicted octanol–water partition coefficient (Wildman–Crippen LogP) is 17.4. The highest BCUT2D eigenvalue weighted by Gasteiger charge is 2.23. The molecule has 2 aromatic heterocycles. The fraction of sp³-hybridized carbons (Fsp3) is 0.0357. The van der Waals surface area contributed by atoms with Crippen LogP contribution in [0.3, 0.4) is 0 Å². The molecule has 0 radical (unpaired) electrons. The van der Waals surface area contributed by atoms with Crippen LogP contribution in [0, 0.1) is 13.8 Å². The molecule has 5 heteroatoms. The fourth-order valence-corrected chi connectivity index (χ4v) is 10.9. The molecule has 0 aliphatic heterocycles. The highest BCUT2D eigenvalue weighted by Crippen LogP contribution is 2.48. The topological polar surface area (TPSA) is 9.72 Å². The Labute approximate surface area is 364 Å². The lowest BCUT2D eigenvalue weighted by Crippen LogP contribution is -2.16. The maximum atomic E-state index is 2.43. The van der Waals surface area contributed by atoms with Crippen LogP contribution in [0.5, 0.6) is 0 Å². The molecule has 0 spiro atoms. The second-order valence-electron chi connectivity index (χ2n) is 15.6. The van der Waals surface area contributed by atoms with Crippen molar-refractivity contribution in [2.24, 2.45) is 0 Å². The van der Waals surface area contributed by atoms with Crippen molar-refractivity contribution < 1.29 is 0 Å². The smallest absolute Gasteiger partial charge is 0.0503 e. The Bertz CT molecular complexity index is 3150. The van der Waals surface area contributed by atoms with Crippen molar-refractivity contribution in [1.82, 2.24) is 0 Å². The molecule has 0 fully saturated rings. The molecule has 292 valence electrons.